The van der Waals surface area contributed by atoms with Crippen LogP contribution >= 0.6 is 0 Å². The van der Waals surface area contributed by atoms with Crippen molar-refractivity contribution in [2.24, 2.45) is 0 Å². The highest BCUT2D eigenvalue weighted by Gasteiger charge is 2.42. The van der Waals surface area contributed by atoms with Gasteiger partial charge in [0.2, 0.25) is 0 Å². The van der Waals surface area contributed by atoms with Crippen molar-refractivity contribution >= 4 is 45.8 Å². The molecule has 54 heavy (non-hydrogen) atoms. The van der Waals surface area contributed by atoms with Crippen LogP contribution in [0.2, 0.25) is 0 Å². The van der Waals surface area contributed by atoms with Gasteiger partial charge in [0.25, 0.3) is 0 Å². The van der Waals surface area contributed by atoms with Gasteiger partial charge in [-0.3, -0.25) is 0 Å². The predicted molar refractivity (Wildman–Crippen MR) is 233 cm³/mol. The molecule has 2 nitrogen and oxygen atoms in total. The molecular weight excluding hydrogens is 655 g/mol. The molecule has 3 aliphatic carbocycles. The van der Waals surface area contributed by atoms with E-state index in [2.05, 4.69) is 185 Å². The quantitative estimate of drug-likeness (QED) is 0.185. The topological polar surface area (TPSA) is 16.4 Å². The first-order chi connectivity index (χ1) is 25.5. The second-order valence-electron chi connectivity index (χ2n) is 18.6. The van der Waals surface area contributed by atoms with Gasteiger partial charge in [0, 0.05) is 27.3 Å². The van der Waals surface area contributed by atoms with E-state index in [0.717, 1.165) is 39.4 Å². The highest BCUT2D eigenvalue weighted by Crippen LogP contribution is 2.58. The first-order valence-corrected chi connectivity index (χ1v) is 19.7. The lowest BCUT2D eigenvalue weighted by molar-refractivity contribution is 0.575. The Labute approximate surface area is 322 Å². The van der Waals surface area contributed by atoms with E-state index in [0.29, 0.717) is 0 Å². The van der Waals surface area contributed by atoms with Gasteiger partial charge in [0.15, 0.2) is 0 Å². The molecule has 0 aliphatic heterocycles. The Morgan fingerprint density at radius 2 is 1.46 bits per heavy atom. The Hall–Kier alpha value is -5.08. The fraction of sp³-hybridized carbons (Fsp3) is 0.308. The van der Waals surface area contributed by atoms with Crippen molar-refractivity contribution < 1.29 is 4.42 Å². The molecular formula is C52H55NO. The zero-order valence-electron chi connectivity index (χ0n) is 34.2. The number of furan rings is 1. The maximum absolute atomic E-state index is 6.58. The molecule has 0 atom stereocenters. The lowest BCUT2D eigenvalue weighted by Crippen LogP contribution is -2.23. The Bertz CT molecular complexity index is 2620. The van der Waals surface area contributed by atoms with Crippen LogP contribution < -0.4 is 15.5 Å². The summed E-state index contributed by atoms with van der Waals surface area (Å²) >= 11 is 0. The fourth-order valence-corrected chi connectivity index (χ4v) is 9.21. The molecule has 0 bridgehead atoms. The summed E-state index contributed by atoms with van der Waals surface area (Å²) in [6, 6.07) is 25.9. The number of benzene rings is 4. The van der Waals surface area contributed by atoms with Crippen LogP contribution in [-0.2, 0) is 21.7 Å². The molecule has 0 unspecified atom stereocenters. The number of allylic oxidation sites excluding steroid dienone is 7. The van der Waals surface area contributed by atoms with E-state index in [1.807, 2.05) is 12.2 Å². The summed E-state index contributed by atoms with van der Waals surface area (Å²) in [5.74, 6) is 0. The summed E-state index contributed by atoms with van der Waals surface area (Å²) in [5, 5.41) is 2.18. The molecule has 0 radical (unpaired) electrons. The SMILES string of the molecule is C=C/C=c1/oc2cccc(N(c3ccc4c(c3)C(C)(C)C3=CCC=CC=C34)c3cc(C(C)(C)C)cc4c3-c3ccc(C(C)(C)C)cc3C4(C)C)c2/c1=C/C. The third-order valence-corrected chi connectivity index (χ3v) is 12.3. The average Bonchev–Trinajstić information content (AvgIpc) is 3.54. The molecule has 1 aromatic heterocycles. The standard InChI is InChI=1S/C52H55NO/c1-13-19-45-35(14-2)48-43(22-18-23-46(48)54-45)53(34-25-27-37-36-20-16-15-17-21-39(36)51(9,10)41(37)31-34)44-30-33(50(6,7)8)29-42-47(44)38-26-24-32(49(3,4)5)28-40(38)52(42,11)12/h13-16,18-31H,1,17H2,2-12H3/b35-14+,45-19+. The lowest BCUT2D eigenvalue weighted by Gasteiger charge is -2.33. The second kappa shape index (κ2) is 12.2. The van der Waals surface area contributed by atoms with E-state index in [9.17, 15) is 0 Å². The molecule has 0 saturated heterocycles. The Kier molecular flexibility index (Phi) is 8.13. The van der Waals surface area contributed by atoms with Gasteiger partial charge in [0.05, 0.1) is 16.8 Å². The van der Waals surface area contributed by atoms with Gasteiger partial charge < -0.3 is 9.32 Å². The number of hydrogen-bond donors (Lipinski definition) is 0. The summed E-state index contributed by atoms with van der Waals surface area (Å²) < 4.78 is 6.58. The fourth-order valence-electron chi connectivity index (χ4n) is 9.21. The smallest absolute Gasteiger partial charge is 0.137 e. The molecule has 4 aromatic carbocycles. The van der Waals surface area contributed by atoms with Crippen molar-refractivity contribution in [2.45, 2.75) is 104 Å². The van der Waals surface area contributed by atoms with Crippen LogP contribution in [0.1, 0.15) is 116 Å². The first-order valence-electron chi connectivity index (χ1n) is 19.7. The molecule has 2 heteroatoms. The van der Waals surface area contributed by atoms with E-state index in [-0.39, 0.29) is 21.7 Å². The van der Waals surface area contributed by atoms with Crippen molar-refractivity contribution in [3.8, 4) is 11.1 Å². The lowest BCUT2D eigenvalue weighted by atomic mass is 9.77. The van der Waals surface area contributed by atoms with E-state index in [1.54, 1.807) is 0 Å². The van der Waals surface area contributed by atoms with E-state index in [4.69, 9.17) is 4.42 Å². The summed E-state index contributed by atoms with van der Waals surface area (Å²) in [7, 11) is 0. The number of hydrogen-bond acceptors (Lipinski definition) is 2. The van der Waals surface area contributed by atoms with Crippen LogP contribution in [0.4, 0.5) is 17.1 Å². The van der Waals surface area contributed by atoms with Crippen LogP contribution in [0.5, 0.6) is 0 Å². The summed E-state index contributed by atoms with van der Waals surface area (Å²) in [4.78, 5) is 2.55. The van der Waals surface area contributed by atoms with Crippen LogP contribution in [0, 0.1) is 0 Å². The van der Waals surface area contributed by atoms with Crippen LogP contribution in [-0.4, -0.2) is 0 Å². The van der Waals surface area contributed by atoms with Crippen LogP contribution in [0.15, 0.2) is 114 Å². The predicted octanol–water partition coefficient (Wildman–Crippen LogP) is 13.1. The summed E-state index contributed by atoms with van der Waals surface area (Å²) in [5.41, 5.74) is 18.3. The third kappa shape index (κ3) is 5.36. The third-order valence-electron chi connectivity index (χ3n) is 12.3. The van der Waals surface area contributed by atoms with Gasteiger partial charge in [-0.1, -0.05) is 149 Å². The Balaban J connectivity index is 1.52. The molecule has 0 saturated carbocycles. The van der Waals surface area contributed by atoms with E-state index < -0.39 is 0 Å². The zero-order valence-corrected chi connectivity index (χ0v) is 34.2. The van der Waals surface area contributed by atoms with Gasteiger partial charge in [-0.2, -0.15) is 0 Å². The summed E-state index contributed by atoms with van der Waals surface area (Å²) in [6.45, 7) is 29.7. The van der Waals surface area contributed by atoms with E-state index >= 15 is 0 Å². The molecule has 1 heterocycles. The highest BCUT2D eigenvalue weighted by atomic mass is 16.3. The largest absolute Gasteiger partial charge is 0.456 e. The van der Waals surface area contributed by atoms with Crippen molar-refractivity contribution in [1.29, 1.82) is 0 Å². The maximum Gasteiger partial charge on any atom is 0.137 e. The van der Waals surface area contributed by atoms with Crippen molar-refractivity contribution in [3.05, 3.63) is 153 Å². The monoisotopic (exact) mass is 709 g/mol. The highest BCUT2D eigenvalue weighted by molar-refractivity contribution is 6.03. The molecule has 8 rings (SSSR count). The van der Waals surface area contributed by atoms with Crippen LogP contribution in [0.25, 0.3) is 39.8 Å². The minimum absolute atomic E-state index is 0.0452. The molecule has 5 aromatic rings. The maximum atomic E-state index is 6.58. The van der Waals surface area contributed by atoms with Crippen molar-refractivity contribution in [3.63, 3.8) is 0 Å². The number of fused-ring (bicyclic) bond motifs is 7. The normalized spacial score (nSPS) is 17.5. The number of rotatable bonds is 4. The average molecular weight is 710 g/mol. The molecule has 274 valence electrons. The Morgan fingerprint density at radius 1 is 0.759 bits per heavy atom. The van der Waals surface area contributed by atoms with Crippen molar-refractivity contribution in [1.82, 2.24) is 0 Å². The van der Waals surface area contributed by atoms with Gasteiger partial charge in [0.1, 0.15) is 11.0 Å². The molecule has 0 amide bonds. The molecule has 0 N–H and O–H groups in total. The number of nitrogens with zero attached hydrogens (tertiary/aromatic N) is 1. The van der Waals surface area contributed by atoms with Crippen LogP contribution in [0.3, 0.4) is 0 Å². The molecule has 0 fully saturated rings. The van der Waals surface area contributed by atoms with Crippen molar-refractivity contribution in [2.75, 3.05) is 4.90 Å². The Morgan fingerprint density at radius 3 is 2.17 bits per heavy atom. The second-order valence-corrected chi connectivity index (χ2v) is 18.6. The van der Waals surface area contributed by atoms with E-state index in [1.165, 1.54) is 61.3 Å². The number of anilines is 3. The van der Waals surface area contributed by atoms with Gasteiger partial charge in [-0.15, -0.1) is 0 Å². The van der Waals surface area contributed by atoms with Gasteiger partial charge in [-0.05, 0) is 111 Å². The zero-order chi connectivity index (χ0) is 38.5. The van der Waals surface area contributed by atoms with Gasteiger partial charge >= 0.3 is 0 Å². The van der Waals surface area contributed by atoms with Gasteiger partial charge in [-0.25, -0.2) is 0 Å². The molecule has 3 aliphatic rings. The molecule has 0 spiro atoms. The minimum Gasteiger partial charge on any atom is -0.456 e. The summed E-state index contributed by atoms with van der Waals surface area (Å²) in [6.07, 6.45) is 16.1. The first kappa shape index (κ1) is 35.9. The minimum atomic E-state index is -0.190.